The average molecular weight is 176 g/mol. The fourth-order valence-electron chi connectivity index (χ4n) is 0.506. The van der Waals surface area contributed by atoms with E-state index in [0.29, 0.717) is 0 Å². The van der Waals surface area contributed by atoms with Crippen LogP contribution in [0.2, 0.25) is 0 Å². The summed E-state index contributed by atoms with van der Waals surface area (Å²) in [6.45, 7) is 3.66. The van der Waals surface area contributed by atoms with Gasteiger partial charge in [0.05, 0.1) is 27.4 Å². The summed E-state index contributed by atoms with van der Waals surface area (Å²) < 4.78 is 6.15. The minimum Gasteiger partial charge on any atom is -0.495 e. The number of hydrogen-bond acceptors (Lipinski definition) is 2. The van der Waals surface area contributed by atoms with E-state index < -0.39 is 0 Å². The highest BCUT2D eigenvalue weighted by Crippen LogP contribution is 1.97. The fraction of sp³-hybridized carbons (Fsp3) is 0.750. The van der Waals surface area contributed by atoms with Gasteiger partial charge in [-0.1, -0.05) is 0 Å². The van der Waals surface area contributed by atoms with E-state index in [0.717, 1.165) is 22.5 Å². The summed E-state index contributed by atoms with van der Waals surface area (Å²) in [5.41, 5.74) is 0. The third-order valence-electron chi connectivity index (χ3n) is 1.13. The molecule has 0 spiro atoms. The van der Waals surface area contributed by atoms with Crippen LogP contribution in [0.1, 0.15) is 6.92 Å². The van der Waals surface area contributed by atoms with Crippen molar-refractivity contribution in [3.05, 3.63) is 11.2 Å². The Balaban J connectivity index is 3.36. The van der Waals surface area contributed by atoms with Crippen molar-refractivity contribution in [2.24, 2.45) is 0 Å². The monoisotopic (exact) mass is 176 g/mol. The lowest BCUT2D eigenvalue weighted by molar-refractivity contribution is -0.870. The quantitative estimate of drug-likeness (QED) is 0.295. The van der Waals surface area contributed by atoms with Gasteiger partial charge in [0.2, 0.25) is 0 Å². The van der Waals surface area contributed by atoms with Crippen molar-refractivity contribution < 1.29 is 9.22 Å². The van der Waals surface area contributed by atoms with Crippen LogP contribution in [0.5, 0.6) is 0 Å². The van der Waals surface area contributed by atoms with Crippen LogP contribution in [-0.4, -0.2) is 38.8 Å². The molecule has 0 saturated carbocycles. The second-order valence-electron chi connectivity index (χ2n) is 3.64. The normalized spacial score (nSPS) is 13.4. The molecule has 66 valence electrons. The Kier molecular flexibility index (Phi) is 4.61. The third kappa shape index (κ3) is 9.85. The molecule has 0 aromatic carbocycles. The Bertz CT molecular complexity index is 134. The Labute approximate surface area is 74.8 Å². The first-order valence-electron chi connectivity index (χ1n) is 3.69. The van der Waals surface area contributed by atoms with E-state index in [-0.39, 0.29) is 0 Å². The fourth-order valence-corrected chi connectivity index (χ4v) is 0.581. The zero-order chi connectivity index (χ0) is 8.91. The maximum absolute atomic E-state index is 5.22. The summed E-state index contributed by atoms with van der Waals surface area (Å²) in [7, 11) is 6.42. The molecular weight excluding hydrogens is 158 g/mol. The van der Waals surface area contributed by atoms with Crippen LogP contribution in [0, 0.1) is 0 Å². The highest BCUT2D eigenvalue weighted by atomic mass is 32.1. The highest BCUT2D eigenvalue weighted by Gasteiger charge is 2.04. The van der Waals surface area contributed by atoms with Crippen molar-refractivity contribution in [2.75, 3.05) is 34.3 Å². The van der Waals surface area contributed by atoms with Gasteiger partial charge in [-0.2, -0.15) is 0 Å². The molecule has 0 bridgehead atoms. The molecule has 0 fully saturated rings. The van der Waals surface area contributed by atoms with E-state index in [9.17, 15) is 0 Å². The predicted octanol–water partition coefficient (Wildman–Crippen LogP) is 1.50. The van der Waals surface area contributed by atoms with Gasteiger partial charge in [-0.3, -0.25) is 0 Å². The largest absolute Gasteiger partial charge is 0.495 e. The van der Waals surface area contributed by atoms with Crippen molar-refractivity contribution in [1.29, 1.82) is 0 Å². The van der Waals surface area contributed by atoms with Gasteiger partial charge in [-0.05, 0) is 6.92 Å². The lowest BCUT2D eigenvalue weighted by Crippen LogP contribution is -2.37. The average Bonchev–Trinajstić information content (AvgIpc) is 1.78. The van der Waals surface area contributed by atoms with E-state index in [2.05, 4.69) is 33.8 Å². The van der Waals surface area contributed by atoms with Gasteiger partial charge in [-0.25, -0.2) is 0 Å². The summed E-state index contributed by atoms with van der Waals surface area (Å²) in [6.07, 6.45) is 1.68. The SMILES string of the molecule is CC(S)=COCC[N+](C)(C)C. The number of rotatable bonds is 4. The van der Waals surface area contributed by atoms with Gasteiger partial charge in [0, 0.05) is 4.91 Å². The number of quaternary nitrogens is 1. The van der Waals surface area contributed by atoms with Gasteiger partial charge in [0.15, 0.2) is 0 Å². The molecule has 0 amide bonds. The summed E-state index contributed by atoms with van der Waals surface area (Å²) in [6, 6.07) is 0. The van der Waals surface area contributed by atoms with E-state index in [4.69, 9.17) is 4.74 Å². The van der Waals surface area contributed by atoms with Crippen LogP contribution >= 0.6 is 12.6 Å². The molecule has 0 aliphatic rings. The minimum absolute atomic E-state index is 0.751. The first kappa shape index (κ1) is 10.8. The number of ether oxygens (including phenoxy) is 1. The van der Waals surface area contributed by atoms with Crippen molar-refractivity contribution in [3.8, 4) is 0 Å². The number of hydrogen-bond donors (Lipinski definition) is 1. The summed E-state index contributed by atoms with van der Waals surface area (Å²) >= 11 is 4.07. The Hall–Kier alpha value is -0.150. The molecule has 0 heterocycles. The van der Waals surface area contributed by atoms with Gasteiger partial charge in [0.1, 0.15) is 13.2 Å². The topological polar surface area (TPSA) is 9.23 Å². The van der Waals surface area contributed by atoms with E-state index in [1.807, 2.05) is 6.92 Å². The Morgan fingerprint density at radius 3 is 2.36 bits per heavy atom. The van der Waals surface area contributed by atoms with Crippen LogP contribution in [0.15, 0.2) is 11.2 Å². The molecule has 0 atom stereocenters. The van der Waals surface area contributed by atoms with Crippen molar-refractivity contribution in [3.63, 3.8) is 0 Å². The second-order valence-corrected chi connectivity index (χ2v) is 4.35. The molecule has 0 rings (SSSR count). The molecule has 0 aliphatic heterocycles. The number of allylic oxidation sites excluding steroid dienone is 1. The van der Waals surface area contributed by atoms with Gasteiger partial charge in [0.25, 0.3) is 0 Å². The molecule has 2 nitrogen and oxygen atoms in total. The van der Waals surface area contributed by atoms with Crippen LogP contribution in [-0.2, 0) is 4.74 Å². The van der Waals surface area contributed by atoms with E-state index >= 15 is 0 Å². The molecule has 0 unspecified atom stereocenters. The van der Waals surface area contributed by atoms with Crippen LogP contribution < -0.4 is 0 Å². The zero-order valence-corrected chi connectivity index (χ0v) is 8.69. The van der Waals surface area contributed by atoms with Crippen molar-refractivity contribution in [2.45, 2.75) is 6.92 Å². The lowest BCUT2D eigenvalue weighted by atomic mass is 10.5. The molecular formula is C8H18NOS+. The maximum atomic E-state index is 5.22. The second kappa shape index (κ2) is 4.67. The number of likely N-dealkylation sites (N-methyl/N-ethyl adjacent to an activating group) is 1. The number of nitrogens with zero attached hydrogens (tertiary/aromatic N) is 1. The minimum atomic E-state index is 0.751. The van der Waals surface area contributed by atoms with Crippen molar-refractivity contribution >= 4 is 12.6 Å². The third-order valence-corrected chi connectivity index (χ3v) is 1.24. The lowest BCUT2D eigenvalue weighted by Gasteiger charge is -2.23. The first-order chi connectivity index (χ1) is 4.92. The Morgan fingerprint density at radius 1 is 1.45 bits per heavy atom. The van der Waals surface area contributed by atoms with Crippen molar-refractivity contribution in [1.82, 2.24) is 0 Å². The smallest absolute Gasteiger partial charge is 0.136 e. The molecule has 0 aromatic rings. The summed E-state index contributed by atoms with van der Waals surface area (Å²) in [4.78, 5) is 0.909. The molecule has 0 radical (unpaired) electrons. The first-order valence-corrected chi connectivity index (χ1v) is 4.14. The molecule has 0 N–H and O–H groups in total. The summed E-state index contributed by atoms with van der Waals surface area (Å²) in [5.74, 6) is 0. The standard InChI is InChI=1S/C8H17NOS/c1-8(11)7-10-6-5-9(2,3)4/h7H,5-6H2,1-4H3/p+1. The molecule has 0 aromatic heterocycles. The zero-order valence-electron chi connectivity index (χ0n) is 7.79. The molecule has 11 heavy (non-hydrogen) atoms. The van der Waals surface area contributed by atoms with Crippen LogP contribution in [0.4, 0.5) is 0 Å². The molecule has 0 aliphatic carbocycles. The predicted molar refractivity (Wildman–Crippen MR) is 51.6 cm³/mol. The van der Waals surface area contributed by atoms with Gasteiger partial charge >= 0.3 is 0 Å². The highest BCUT2D eigenvalue weighted by molar-refractivity contribution is 7.84. The summed E-state index contributed by atoms with van der Waals surface area (Å²) in [5, 5.41) is 0. The van der Waals surface area contributed by atoms with Gasteiger partial charge in [-0.15, -0.1) is 12.6 Å². The van der Waals surface area contributed by atoms with Crippen LogP contribution in [0.25, 0.3) is 0 Å². The van der Waals surface area contributed by atoms with E-state index in [1.54, 1.807) is 6.26 Å². The Morgan fingerprint density at radius 2 is 2.00 bits per heavy atom. The number of thiol groups is 1. The molecule has 0 saturated heterocycles. The maximum Gasteiger partial charge on any atom is 0.136 e. The molecule has 3 heteroatoms. The van der Waals surface area contributed by atoms with Crippen LogP contribution in [0.3, 0.4) is 0 Å². The van der Waals surface area contributed by atoms with E-state index in [1.165, 1.54) is 0 Å². The van der Waals surface area contributed by atoms with Gasteiger partial charge < -0.3 is 9.22 Å².